The minimum absolute atomic E-state index is 0.0346. The molecule has 110 valence electrons. The van der Waals surface area contributed by atoms with Crippen LogP contribution in [0.25, 0.3) is 0 Å². The lowest BCUT2D eigenvalue weighted by Gasteiger charge is -2.11. The van der Waals surface area contributed by atoms with Gasteiger partial charge in [-0.1, -0.05) is 17.7 Å². The summed E-state index contributed by atoms with van der Waals surface area (Å²) in [5.41, 5.74) is 1.55. The molecule has 0 fully saturated rings. The maximum Gasteiger partial charge on any atom is 0.283 e. The Morgan fingerprint density at radius 2 is 2.10 bits per heavy atom. The number of rotatable bonds is 5. The zero-order valence-electron chi connectivity index (χ0n) is 11.1. The second-order valence-corrected chi connectivity index (χ2v) is 5.53. The second kappa shape index (κ2) is 6.78. The number of benzene rings is 2. The Morgan fingerprint density at radius 3 is 2.76 bits per heavy atom. The van der Waals surface area contributed by atoms with Crippen LogP contribution in [0.5, 0.6) is 5.75 Å². The maximum atomic E-state index is 10.9. The van der Waals surface area contributed by atoms with E-state index in [1.165, 1.54) is 6.07 Å². The van der Waals surface area contributed by atoms with Gasteiger partial charge in [0.1, 0.15) is 5.75 Å². The van der Waals surface area contributed by atoms with Gasteiger partial charge in [-0.15, -0.1) is 0 Å². The molecule has 0 radical (unpaired) electrons. The molecule has 0 aliphatic rings. The van der Waals surface area contributed by atoms with E-state index in [1.54, 1.807) is 37.4 Å². The fraction of sp³-hybridized carbons (Fsp3) is 0.143. The second-order valence-electron chi connectivity index (χ2n) is 4.24. The van der Waals surface area contributed by atoms with Crippen molar-refractivity contribution in [2.24, 2.45) is 0 Å². The van der Waals surface area contributed by atoms with Gasteiger partial charge in [0.15, 0.2) is 0 Å². The molecule has 0 atom stereocenters. The Hall–Kier alpha value is -1.79. The summed E-state index contributed by atoms with van der Waals surface area (Å²) in [6, 6.07) is 10.2. The first-order valence-electron chi connectivity index (χ1n) is 6.01. The van der Waals surface area contributed by atoms with Crippen LogP contribution in [0, 0.1) is 10.1 Å². The topological polar surface area (TPSA) is 64.4 Å². The number of hydrogen-bond donors (Lipinski definition) is 1. The lowest BCUT2D eigenvalue weighted by Crippen LogP contribution is -2.02. The van der Waals surface area contributed by atoms with Gasteiger partial charge in [0.2, 0.25) is 0 Å². The van der Waals surface area contributed by atoms with Crippen LogP contribution in [0.1, 0.15) is 5.56 Å². The van der Waals surface area contributed by atoms with Crippen LogP contribution in [-0.2, 0) is 6.54 Å². The molecule has 2 aromatic rings. The quantitative estimate of drug-likeness (QED) is 0.614. The van der Waals surface area contributed by atoms with Crippen molar-refractivity contribution in [3.05, 3.63) is 61.6 Å². The first-order valence-corrected chi connectivity index (χ1v) is 7.18. The Balaban J connectivity index is 2.19. The third-order valence-electron chi connectivity index (χ3n) is 2.85. The minimum atomic E-state index is -0.423. The number of nitrogens with one attached hydrogen (secondary N) is 1. The largest absolute Gasteiger partial charge is 0.495 e. The van der Waals surface area contributed by atoms with E-state index < -0.39 is 4.92 Å². The van der Waals surface area contributed by atoms with Gasteiger partial charge in [-0.05, 0) is 45.8 Å². The van der Waals surface area contributed by atoms with Gasteiger partial charge in [-0.2, -0.15) is 0 Å². The van der Waals surface area contributed by atoms with Crippen LogP contribution in [0.15, 0.2) is 40.9 Å². The fourth-order valence-corrected chi connectivity index (χ4v) is 2.39. The highest BCUT2D eigenvalue weighted by Crippen LogP contribution is 2.29. The van der Waals surface area contributed by atoms with Crippen molar-refractivity contribution in [2.45, 2.75) is 6.54 Å². The normalized spacial score (nSPS) is 10.2. The van der Waals surface area contributed by atoms with Crippen molar-refractivity contribution in [1.29, 1.82) is 0 Å². The van der Waals surface area contributed by atoms with Gasteiger partial charge >= 0.3 is 0 Å². The third kappa shape index (κ3) is 3.86. The van der Waals surface area contributed by atoms with Crippen molar-refractivity contribution in [2.75, 3.05) is 12.4 Å². The number of ether oxygens (including phenoxy) is 1. The van der Waals surface area contributed by atoms with E-state index in [-0.39, 0.29) is 5.69 Å². The molecule has 0 aromatic heterocycles. The number of nitrogens with zero attached hydrogens (tertiary/aromatic N) is 1. The van der Waals surface area contributed by atoms with Gasteiger partial charge in [0.05, 0.1) is 22.2 Å². The van der Waals surface area contributed by atoms with Crippen LogP contribution in [0.3, 0.4) is 0 Å². The third-order valence-corrected chi connectivity index (χ3v) is 3.76. The van der Waals surface area contributed by atoms with Crippen molar-refractivity contribution in [3.63, 3.8) is 0 Å². The number of methoxy groups -OCH3 is 1. The highest BCUT2D eigenvalue weighted by molar-refractivity contribution is 9.10. The van der Waals surface area contributed by atoms with E-state index in [2.05, 4.69) is 21.2 Å². The molecule has 0 saturated heterocycles. The zero-order chi connectivity index (χ0) is 15.4. The summed E-state index contributed by atoms with van der Waals surface area (Å²) in [5, 5.41) is 14.7. The minimum Gasteiger partial charge on any atom is -0.495 e. The molecule has 2 aromatic carbocycles. The molecule has 0 saturated carbocycles. The van der Waals surface area contributed by atoms with Crippen LogP contribution >= 0.6 is 27.5 Å². The molecule has 0 unspecified atom stereocenters. The van der Waals surface area contributed by atoms with E-state index in [9.17, 15) is 10.1 Å². The summed E-state index contributed by atoms with van der Waals surface area (Å²) in [7, 11) is 1.57. The molecular formula is C14H12BrClN2O3. The highest BCUT2D eigenvalue weighted by atomic mass is 79.9. The Bertz CT molecular complexity index is 679. The number of nitro groups is 1. The van der Waals surface area contributed by atoms with Gasteiger partial charge < -0.3 is 10.1 Å². The summed E-state index contributed by atoms with van der Waals surface area (Å²) in [5.74, 6) is 0.658. The molecule has 0 aliphatic heterocycles. The summed E-state index contributed by atoms with van der Waals surface area (Å²) in [6.45, 7) is 0.421. The van der Waals surface area contributed by atoms with Gasteiger partial charge in [-0.3, -0.25) is 10.1 Å². The van der Waals surface area contributed by atoms with Crippen LogP contribution in [-0.4, -0.2) is 12.0 Å². The van der Waals surface area contributed by atoms with Crippen molar-refractivity contribution >= 4 is 38.9 Å². The first kappa shape index (κ1) is 15.6. The fourth-order valence-electron chi connectivity index (χ4n) is 1.82. The summed E-state index contributed by atoms with van der Waals surface area (Å²) >= 11 is 9.11. The monoisotopic (exact) mass is 370 g/mol. The first-order chi connectivity index (χ1) is 10.0. The number of hydrogen-bond acceptors (Lipinski definition) is 4. The lowest BCUT2D eigenvalue weighted by molar-refractivity contribution is -0.385. The average Bonchev–Trinajstić information content (AvgIpc) is 2.46. The van der Waals surface area contributed by atoms with E-state index in [0.29, 0.717) is 21.8 Å². The van der Waals surface area contributed by atoms with Gasteiger partial charge in [-0.25, -0.2) is 0 Å². The van der Waals surface area contributed by atoms with E-state index in [4.69, 9.17) is 16.3 Å². The molecular weight excluding hydrogens is 360 g/mol. The Morgan fingerprint density at radius 1 is 1.33 bits per heavy atom. The molecule has 0 bridgehead atoms. The number of halogens is 2. The predicted molar refractivity (Wildman–Crippen MR) is 86.1 cm³/mol. The molecule has 1 N–H and O–H groups in total. The van der Waals surface area contributed by atoms with Crippen molar-refractivity contribution in [3.8, 4) is 5.75 Å². The molecule has 21 heavy (non-hydrogen) atoms. The summed E-state index contributed by atoms with van der Waals surface area (Å²) < 4.78 is 5.69. The summed E-state index contributed by atoms with van der Waals surface area (Å²) in [4.78, 5) is 10.5. The molecule has 0 amide bonds. The van der Waals surface area contributed by atoms with Crippen LogP contribution in [0.4, 0.5) is 11.4 Å². The average molecular weight is 372 g/mol. The number of anilines is 1. The van der Waals surface area contributed by atoms with Crippen molar-refractivity contribution < 1.29 is 9.66 Å². The zero-order valence-corrected chi connectivity index (χ0v) is 13.4. The van der Waals surface area contributed by atoms with Crippen molar-refractivity contribution in [1.82, 2.24) is 0 Å². The molecule has 7 heteroatoms. The number of nitro benzene ring substituents is 1. The molecule has 2 rings (SSSR count). The van der Waals surface area contributed by atoms with E-state index in [0.717, 1.165) is 11.3 Å². The smallest absolute Gasteiger partial charge is 0.283 e. The van der Waals surface area contributed by atoms with Gasteiger partial charge in [0.25, 0.3) is 5.69 Å². The van der Waals surface area contributed by atoms with Crippen LogP contribution in [0.2, 0.25) is 5.02 Å². The molecule has 0 heterocycles. The van der Waals surface area contributed by atoms with E-state index in [1.807, 2.05) is 0 Å². The predicted octanol–water partition coefficient (Wildman–Crippen LogP) is 4.63. The maximum absolute atomic E-state index is 10.9. The SMILES string of the molecule is COc1ccc(Cl)cc1NCc1ccc(Br)c([N+](=O)[O-])c1. The van der Waals surface area contributed by atoms with Crippen LogP contribution < -0.4 is 10.1 Å². The van der Waals surface area contributed by atoms with E-state index >= 15 is 0 Å². The Kier molecular flexibility index (Phi) is 5.03. The molecule has 0 spiro atoms. The highest BCUT2D eigenvalue weighted by Gasteiger charge is 2.12. The Labute approximate surface area is 135 Å². The lowest BCUT2D eigenvalue weighted by atomic mass is 10.2. The summed E-state index contributed by atoms with van der Waals surface area (Å²) in [6.07, 6.45) is 0. The molecule has 5 nitrogen and oxygen atoms in total. The molecule has 0 aliphatic carbocycles. The van der Waals surface area contributed by atoms with Gasteiger partial charge in [0, 0.05) is 17.6 Å². The standard InChI is InChI=1S/C14H12BrClN2O3/c1-21-14-5-3-10(16)7-12(14)17-8-9-2-4-11(15)13(6-9)18(19)20/h2-7,17H,8H2,1H3.